The SMILES string of the molecule is CNC(=O)c1ccc(C(=O)Nc2ccccc2)c(N)c1. The van der Waals surface area contributed by atoms with Gasteiger partial charge in [-0.3, -0.25) is 9.59 Å². The number of hydrogen-bond donors (Lipinski definition) is 3. The van der Waals surface area contributed by atoms with E-state index in [0.29, 0.717) is 16.8 Å². The molecule has 5 heteroatoms. The van der Waals surface area contributed by atoms with Crippen molar-refractivity contribution < 1.29 is 9.59 Å². The van der Waals surface area contributed by atoms with Crippen LogP contribution in [0.1, 0.15) is 20.7 Å². The van der Waals surface area contributed by atoms with E-state index in [1.54, 1.807) is 18.2 Å². The zero-order chi connectivity index (χ0) is 14.5. The Morgan fingerprint density at radius 1 is 1.00 bits per heavy atom. The number of amides is 2. The third-order valence-corrected chi connectivity index (χ3v) is 2.82. The second-order valence-corrected chi connectivity index (χ2v) is 4.20. The van der Waals surface area contributed by atoms with Gasteiger partial charge in [0.05, 0.1) is 5.56 Å². The Morgan fingerprint density at radius 2 is 1.70 bits per heavy atom. The molecule has 0 bridgehead atoms. The fraction of sp³-hybridized carbons (Fsp3) is 0.0667. The summed E-state index contributed by atoms with van der Waals surface area (Å²) in [6.45, 7) is 0. The molecule has 0 spiro atoms. The van der Waals surface area contributed by atoms with Gasteiger partial charge in [0, 0.05) is 24.0 Å². The Balaban J connectivity index is 2.21. The van der Waals surface area contributed by atoms with Crippen molar-refractivity contribution in [3.63, 3.8) is 0 Å². The topological polar surface area (TPSA) is 84.2 Å². The number of rotatable bonds is 3. The molecule has 0 radical (unpaired) electrons. The van der Waals surface area contributed by atoms with Gasteiger partial charge < -0.3 is 16.4 Å². The highest BCUT2D eigenvalue weighted by molar-refractivity contribution is 6.08. The van der Waals surface area contributed by atoms with Crippen molar-refractivity contribution in [2.45, 2.75) is 0 Å². The maximum atomic E-state index is 12.1. The summed E-state index contributed by atoms with van der Waals surface area (Å²) < 4.78 is 0. The van der Waals surface area contributed by atoms with Crippen LogP contribution in [0.5, 0.6) is 0 Å². The number of carbonyl (C=O) groups is 2. The summed E-state index contributed by atoms with van der Waals surface area (Å²) in [6, 6.07) is 13.7. The summed E-state index contributed by atoms with van der Waals surface area (Å²) in [5, 5.41) is 5.24. The standard InChI is InChI=1S/C15H15N3O2/c1-17-14(19)10-7-8-12(13(16)9-10)15(20)18-11-5-3-2-4-6-11/h2-9H,16H2,1H3,(H,17,19)(H,18,20). The Labute approximate surface area is 116 Å². The number of hydrogen-bond acceptors (Lipinski definition) is 3. The lowest BCUT2D eigenvalue weighted by atomic mass is 10.1. The molecule has 4 N–H and O–H groups in total. The third-order valence-electron chi connectivity index (χ3n) is 2.82. The van der Waals surface area contributed by atoms with E-state index < -0.39 is 0 Å². The first-order valence-electron chi connectivity index (χ1n) is 6.10. The molecular formula is C15H15N3O2. The number of nitrogens with two attached hydrogens (primary N) is 1. The molecule has 0 saturated carbocycles. The normalized spacial score (nSPS) is 9.85. The molecule has 2 rings (SSSR count). The molecule has 2 aromatic carbocycles. The average molecular weight is 269 g/mol. The lowest BCUT2D eigenvalue weighted by Gasteiger charge is -2.09. The van der Waals surface area contributed by atoms with E-state index in [1.165, 1.54) is 19.2 Å². The van der Waals surface area contributed by atoms with Gasteiger partial charge in [0.25, 0.3) is 11.8 Å². The highest BCUT2D eigenvalue weighted by Gasteiger charge is 2.12. The summed E-state index contributed by atoms with van der Waals surface area (Å²) >= 11 is 0. The van der Waals surface area contributed by atoms with Gasteiger partial charge in [0.2, 0.25) is 0 Å². The predicted octanol–water partition coefficient (Wildman–Crippen LogP) is 1.88. The Hall–Kier alpha value is -2.82. The summed E-state index contributed by atoms with van der Waals surface area (Å²) in [5.74, 6) is -0.552. The molecule has 2 aromatic rings. The minimum Gasteiger partial charge on any atom is -0.398 e. The van der Waals surface area contributed by atoms with Crippen molar-refractivity contribution in [2.75, 3.05) is 18.1 Å². The van der Waals surface area contributed by atoms with Crippen molar-refractivity contribution in [1.29, 1.82) is 0 Å². The summed E-state index contributed by atoms with van der Waals surface area (Å²) in [5.41, 5.74) is 7.53. The molecule has 0 unspecified atom stereocenters. The molecule has 0 aliphatic heterocycles. The molecule has 0 aliphatic carbocycles. The van der Waals surface area contributed by atoms with Crippen LogP contribution < -0.4 is 16.4 Å². The zero-order valence-electron chi connectivity index (χ0n) is 11.0. The van der Waals surface area contributed by atoms with E-state index in [-0.39, 0.29) is 17.5 Å². The average Bonchev–Trinajstić information content (AvgIpc) is 2.47. The molecular weight excluding hydrogens is 254 g/mol. The van der Waals surface area contributed by atoms with Gasteiger partial charge >= 0.3 is 0 Å². The van der Waals surface area contributed by atoms with Crippen LogP contribution in [0.3, 0.4) is 0 Å². The van der Waals surface area contributed by atoms with Crippen LogP contribution in [0.25, 0.3) is 0 Å². The number of para-hydroxylation sites is 1. The Morgan fingerprint density at radius 3 is 2.30 bits per heavy atom. The molecule has 0 saturated heterocycles. The Kier molecular flexibility index (Phi) is 4.00. The van der Waals surface area contributed by atoms with E-state index in [0.717, 1.165) is 0 Å². The van der Waals surface area contributed by atoms with Crippen molar-refractivity contribution in [3.05, 3.63) is 59.7 Å². The van der Waals surface area contributed by atoms with Crippen LogP contribution in [-0.4, -0.2) is 18.9 Å². The summed E-state index contributed by atoms with van der Waals surface area (Å²) in [6.07, 6.45) is 0. The van der Waals surface area contributed by atoms with Crippen LogP contribution >= 0.6 is 0 Å². The van der Waals surface area contributed by atoms with Gasteiger partial charge in [-0.1, -0.05) is 18.2 Å². The summed E-state index contributed by atoms with van der Waals surface area (Å²) in [4.78, 5) is 23.6. The van der Waals surface area contributed by atoms with E-state index in [1.807, 2.05) is 18.2 Å². The van der Waals surface area contributed by atoms with Crippen molar-refractivity contribution in [1.82, 2.24) is 5.32 Å². The molecule has 20 heavy (non-hydrogen) atoms. The minimum absolute atomic E-state index is 0.244. The first-order chi connectivity index (χ1) is 9.61. The van der Waals surface area contributed by atoms with Crippen LogP contribution in [0, 0.1) is 0 Å². The molecule has 0 aromatic heterocycles. The number of benzene rings is 2. The summed E-state index contributed by atoms with van der Waals surface area (Å²) in [7, 11) is 1.54. The molecule has 0 aliphatic rings. The smallest absolute Gasteiger partial charge is 0.257 e. The van der Waals surface area contributed by atoms with E-state index in [9.17, 15) is 9.59 Å². The molecule has 0 atom stereocenters. The quantitative estimate of drug-likeness (QED) is 0.744. The fourth-order valence-electron chi connectivity index (χ4n) is 1.78. The second-order valence-electron chi connectivity index (χ2n) is 4.20. The zero-order valence-corrected chi connectivity index (χ0v) is 11.0. The highest BCUT2D eigenvalue weighted by atomic mass is 16.2. The van der Waals surface area contributed by atoms with Crippen LogP contribution in [0.4, 0.5) is 11.4 Å². The van der Waals surface area contributed by atoms with Crippen LogP contribution in [0.15, 0.2) is 48.5 Å². The van der Waals surface area contributed by atoms with Crippen LogP contribution in [0.2, 0.25) is 0 Å². The molecule has 2 amide bonds. The molecule has 0 fully saturated rings. The molecule has 0 heterocycles. The maximum absolute atomic E-state index is 12.1. The predicted molar refractivity (Wildman–Crippen MR) is 78.6 cm³/mol. The first-order valence-corrected chi connectivity index (χ1v) is 6.10. The van der Waals surface area contributed by atoms with Crippen molar-refractivity contribution in [3.8, 4) is 0 Å². The van der Waals surface area contributed by atoms with Crippen molar-refractivity contribution in [2.24, 2.45) is 0 Å². The van der Waals surface area contributed by atoms with E-state index in [2.05, 4.69) is 10.6 Å². The van der Waals surface area contributed by atoms with Gasteiger partial charge in [0.15, 0.2) is 0 Å². The van der Waals surface area contributed by atoms with Gasteiger partial charge in [-0.25, -0.2) is 0 Å². The first kappa shape index (κ1) is 13.6. The van der Waals surface area contributed by atoms with Gasteiger partial charge in [-0.2, -0.15) is 0 Å². The largest absolute Gasteiger partial charge is 0.398 e. The minimum atomic E-state index is -0.308. The van der Waals surface area contributed by atoms with Crippen molar-refractivity contribution >= 4 is 23.2 Å². The van der Waals surface area contributed by atoms with Gasteiger partial charge in [0.1, 0.15) is 0 Å². The lowest BCUT2D eigenvalue weighted by molar-refractivity contribution is 0.0961. The second kappa shape index (κ2) is 5.88. The van der Waals surface area contributed by atoms with Crippen LogP contribution in [-0.2, 0) is 0 Å². The number of nitrogens with one attached hydrogen (secondary N) is 2. The van der Waals surface area contributed by atoms with E-state index >= 15 is 0 Å². The number of anilines is 2. The lowest BCUT2D eigenvalue weighted by Crippen LogP contribution is -2.19. The van der Waals surface area contributed by atoms with Gasteiger partial charge in [-0.15, -0.1) is 0 Å². The van der Waals surface area contributed by atoms with E-state index in [4.69, 9.17) is 5.73 Å². The Bertz CT molecular complexity index is 639. The monoisotopic (exact) mass is 269 g/mol. The maximum Gasteiger partial charge on any atom is 0.257 e. The molecule has 5 nitrogen and oxygen atoms in total. The highest BCUT2D eigenvalue weighted by Crippen LogP contribution is 2.16. The van der Waals surface area contributed by atoms with Gasteiger partial charge in [-0.05, 0) is 30.3 Å². The number of carbonyl (C=O) groups excluding carboxylic acids is 2. The fourth-order valence-corrected chi connectivity index (χ4v) is 1.78. The number of nitrogen functional groups attached to an aromatic ring is 1. The molecule has 102 valence electrons. The third kappa shape index (κ3) is 2.95.